The van der Waals surface area contributed by atoms with E-state index in [2.05, 4.69) is 51.2 Å². The van der Waals surface area contributed by atoms with Crippen LogP contribution in [0.15, 0.2) is 36.9 Å². The molecule has 0 spiro atoms. The lowest BCUT2D eigenvalue weighted by Crippen LogP contribution is -2.45. The minimum atomic E-state index is -0.142. The van der Waals surface area contributed by atoms with E-state index < -0.39 is 0 Å². The maximum Gasteiger partial charge on any atom is 0.394 e. The summed E-state index contributed by atoms with van der Waals surface area (Å²) in [5, 5.41) is 2.96. The van der Waals surface area contributed by atoms with Gasteiger partial charge in [0, 0.05) is 24.3 Å². The summed E-state index contributed by atoms with van der Waals surface area (Å²) in [4.78, 5) is 11.9. The van der Waals surface area contributed by atoms with Gasteiger partial charge < -0.3 is 9.97 Å². The lowest BCUT2D eigenvalue weighted by Gasteiger charge is -2.27. The molecular formula is C24H31BNO2. The number of allylic oxidation sites excluding steroid dienone is 2. The molecule has 1 aliphatic rings. The topological polar surface area (TPSA) is 38.3 Å². The van der Waals surface area contributed by atoms with Gasteiger partial charge in [0.1, 0.15) is 5.75 Å². The predicted molar refractivity (Wildman–Crippen MR) is 118 cm³/mol. The van der Waals surface area contributed by atoms with Gasteiger partial charge in [0.05, 0.1) is 0 Å². The third-order valence-electron chi connectivity index (χ3n) is 5.13. The number of fused-ring (bicyclic) bond motifs is 1. The Labute approximate surface area is 170 Å². The molecule has 1 aliphatic heterocycles. The third kappa shape index (κ3) is 6.06. The van der Waals surface area contributed by atoms with E-state index in [1.807, 2.05) is 12.1 Å². The van der Waals surface area contributed by atoms with Crippen molar-refractivity contribution in [1.29, 1.82) is 0 Å². The zero-order valence-corrected chi connectivity index (χ0v) is 17.4. The van der Waals surface area contributed by atoms with E-state index in [1.165, 1.54) is 5.57 Å². The third-order valence-corrected chi connectivity index (χ3v) is 5.13. The highest BCUT2D eigenvalue weighted by molar-refractivity contribution is 6.32. The molecule has 1 unspecified atom stereocenters. The summed E-state index contributed by atoms with van der Waals surface area (Å²) in [6, 6.07) is 6.12. The van der Waals surface area contributed by atoms with Crippen molar-refractivity contribution in [3.05, 3.63) is 48.1 Å². The van der Waals surface area contributed by atoms with Crippen LogP contribution in [0.2, 0.25) is 0 Å². The van der Waals surface area contributed by atoms with Gasteiger partial charge in [0.2, 0.25) is 5.91 Å². The fourth-order valence-corrected chi connectivity index (χ4v) is 3.17. The number of hydrogen-bond donors (Lipinski definition) is 1. The fourth-order valence-electron chi connectivity index (χ4n) is 3.17. The Balaban J connectivity index is 1.96. The van der Waals surface area contributed by atoms with Gasteiger partial charge in [0.15, 0.2) is 0 Å². The average Bonchev–Trinajstić information content (AvgIpc) is 2.64. The van der Waals surface area contributed by atoms with E-state index in [-0.39, 0.29) is 17.3 Å². The van der Waals surface area contributed by atoms with Gasteiger partial charge in [-0.05, 0) is 42.2 Å². The lowest BCUT2D eigenvalue weighted by molar-refractivity contribution is -0.121. The van der Waals surface area contributed by atoms with Crippen LogP contribution in [0.4, 0.5) is 0 Å². The van der Waals surface area contributed by atoms with Crippen LogP contribution < -0.4 is 9.97 Å². The molecule has 0 fully saturated rings. The normalized spacial score (nSPS) is 15.4. The Hall–Kier alpha value is -2.41. The molecule has 3 nitrogen and oxygen atoms in total. The van der Waals surface area contributed by atoms with Crippen LogP contribution in [0, 0.1) is 17.8 Å². The van der Waals surface area contributed by atoms with Crippen LogP contribution in [0.1, 0.15) is 64.0 Å². The molecule has 2 rings (SSSR count). The van der Waals surface area contributed by atoms with Gasteiger partial charge >= 0.3 is 7.48 Å². The zero-order valence-electron chi connectivity index (χ0n) is 17.4. The minimum Gasteiger partial charge on any atom is -0.560 e. The lowest BCUT2D eigenvalue weighted by atomic mass is 9.78. The van der Waals surface area contributed by atoms with Gasteiger partial charge in [-0.15, -0.1) is 12.3 Å². The molecule has 0 saturated carbocycles. The highest BCUT2D eigenvalue weighted by atomic mass is 16.4. The molecule has 4 heteroatoms. The molecule has 1 atom stereocenters. The van der Waals surface area contributed by atoms with Crippen molar-refractivity contribution in [1.82, 2.24) is 5.32 Å². The Morgan fingerprint density at radius 2 is 2.07 bits per heavy atom. The van der Waals surface area contributed by atoms with E-state index in [9.17, 15) is 4.79 Å². The van der Waals surface area contributed by atoms with E-state index in [1.54, 1.807) is 7.48 Å². The van der Waals surface area contributed by atoms with Crippen molar-refractivity contribution in [3.63, 3.8) is 0 Å². The van der Waals surface area contributed by atoms with E-state index >= 15 is 0 Å². The molecule has 0 bridgehead atoms. The Morgan fingerprint density at radius 1 is 1.32 bits per heavy atom. The monoisotopic (exact) mass is 376 g/mol. The molecule has 28 heavy (non-hydrogen) atoms. The number of hydrogen-bond acceptors (Lipinski definition) is 2. The quantitative estimate of drug-likeness (QED) is 0.399. The average molecular weight is 376 g/mol. The summed E-state index contributed by atoms with van der Waals surface area (Å²) < 4.78 is 5.92. The van der Waals surface area contributed by atoms with Crippen LogP contribution in [0.25, 0.3) is 5.57 Å². The molecule has 1 aromatic rings. The largest absolute Gasteiger partial charge is 0.560 e. The van der Waals surface area contributed by atoms with Crippen molar-refractivity contribution in [2.45, 2.75) is 65.2 Å². The fraction of sp³-hybridized carbons (Fsp3) is 0.458. The highest BCUT2D eigenvalue weighted by Crippen LogP contribution is 2.35. The first-order valence-electron chi connectivity index (χ1n) is 9.93. The Bertz CT molecular complexity index is 783. The summed E-state index contributed by atoms with van der Waals surface area (Å²) in [6.45, 7) is 15.1. The van der Waals surface area contributed by atoms with Gasteiger partial charge in [-0.25, -0.2) is 0 Å². The molecule has 0 aliphatic carbocycles. The van der Waals surface area contributed by atoms with Crippen LogP contribution >= 0.6 is 0 Å². The molecule has 0 aromatic heterocycles. The number of rotatable bonds is 8. The summed E-state index contributed by atoms with van der Waals surface area (Å²) >= 11 is 0. The summed E-state index contributed by atoms with van der Waals surface area (Å²) in [6.07, 6.45) is 9.63. The number of terminal acetylenes is 1. The van der Waals surface area contributed by atoms with Crippen LogP contribution in [-0.4, -0.2) is 19.3 Å². The number of carbonyl (C=O) groups excluding carboxylic acids is 1. The number of carbonyl (C=O) groups is 1. The highest BCUT2D eigenvalue weighted by Gasteiger charge is 2.26. The molecule has 1 heterocycles. The SMILES string of the molecule is C#CCCC(=O)NC1[B]Oc2c(cccc2C(=C)CCCC(=C)C(C)(C)C)C1. The Kier molecular flexibility index (Phi) is 7.57. The molecular weight excluding hydrogens is 345 g/mol. The second-order valence-electron chi connectivity index (χ2n) is 8.44. The summed E-state index contributed by atoms with van der Waals surface area (Å²) in [5.41, 5.74) is 4.62. The van der Waals surface area contributed by atoms with Crippen LogP contribution in [-0.2, 0) is 11.2 Å². The van der Waals surface area contributed by atoms with Gasteiger partial charge in [-0.1, -0.05) is 57.7 Å². The van der Waals surface area contributed by atoms with Crippen molar-refractivity contribution in [2.75, 3.05) is 0 Å². The number of para-hydroxylation sites is 1. The number of amides is 1. The number of nitrogens with one attached hydrogen (secondary N) is 1. The first-order valence-corrected chi connectivity index (χ1v) is 9.93. The van der Waals surface area contributed by atoms with Gasteiger partial charge in [-0.2, -0.15) is 0 Å². The predicted octanol–water partition coefficient (Wildman–Crippen LogP) is 4.88. The van der Waals surface area contributed by atoms with Crippen LogP contribution in [0.3, 0.4) is 0 Å². The second-order valence-corrected chi connectivity index (χ2v) is 8.44. The van der Waals surface area contributed by atoms with Gasteiger partial charge in [0.25, 0.3) is 0 Å². The molecule has 0 saturated heterocycles. The maximum atomic E-state index is 11.9. The first kappa shape index (κ1) is 21.9. The molecule has 1 aromatic carbocycles. The van der Waals surface area contributed by atoms with E-state index in [4.69, 9.17) is 11.1 Å². The molecule has 1 amide bonds. The molecule has 1 N–H and O–H groups in total. The van der Waals surface area contributed by atoms with Crippen molar-refractivity contribution in [3.8, 4) is 18.1 Å². The minimum absolute atomic E-state index is 0.0501. The van der Waals surface area contributed by atoms with E-state index in [0.29, 0.717) is 19.3 Å². The first-order chi connectivity index (χ1) is 13.2. The van der Waals surface area contributed by atoms with Crippen LogP contribution in [0.5, 0.6) is 5.75 Å². The second kappa shape index (κ2) is 9.69. The zero-order chi connectivity index (χ0) is 20.7. The molecule has 1 radical (unpaired) electrons. The number of benzene rings is 1. The van der Waals surface area contributed by atoms with Crippen molar-refractivity contribution < 1.29 is 9.45 Å². The van der Waals surface area contributed by atoms with Crippen molar-refractivity contribution in [2.24, 2.45) is 5.41 Å². The smallest absolute Gasteiger partial charge is 0.394 e. The summed E-state index contributed by atoms with van der Waals surface area (Å²) in [7, 11) is 1.70. The van der Waals surface area contributed by atoms with E-state index in [0.717, 1.165) is 41.7 Å². The Morgan fingerprint density at radius 3 is 2.75 bits per heavy atom. The summed E-state index contributed by atoms with van der Waals surface area (Å²) in [5.74, 6) is 3.15. The standard InChI is InChI=1S/C24H31BNO2/c1-7-8-15-22(27)26-21-16-19-13-10-14-20(23(19)28-25-21)17(2)11-9-12-18(3)24(4,5)6/h1,10,13-14,21H,2-3,8-9,11-12,15-16H2,4-6H3,(H,26,27). The van der Waals surface area contributed by atoms with Crippen molar-refractivity contribution >= 4 is 19.0 Å². The maximum absolute atomic E-state index is 11.9. The molecule has 147 valence electrons. The van der Waals surface area contributed by atoms with Gasteiger partial charge in [-0.3, -0.25) is 4.79 Å².